The maximum atomic E-state index is 12.0. The van der Waals surface area contributed by atoms with Crippen LogP contribution in [0.1, 0.15) is 51.0 Å². The average molecular weight is 390 g/mol. The van der Waals surface area contributed by atoms with Crippen LogP contribution in [0.2, 0.25) is 0 Å². The molecule has 144 valence electrons. The molecule has 1 fully saturated rings. The molecular weight excluding hydrogens is 357 g/mol. The number of hydrogen-bond donors (Lipinski definition) is 2. The predicted molar refractivity (Wildman–Crippen MR) is 109 cm³/mol. The standard InChI is InChI=1S/C19H31N3O.2ClH/c1-16-13-18(21-19(23)11-7-2-3-8-12-20)15-22(16)14-17-9-5-4-6-10-17;;/h4-6,9-10,16,18H,2-3,7-8,11-15,20H2,1H3,(H,21,23);2*1H. The molecule has 1 amide bonds. The Hall–Kier alpha value is -0.810. The topological polar surface area (TPSA) is 58.4 Å². The fraction of sp³-hybridized carbons (Fsp3) is 0.632. The minimum Gasteiger partial charge on any atom is -0.352 e. The third kappa shape index (κ3) is 8.91. The zero-order valence-corrected chi connectivity index (χ0v) is 16.8. The van der Waals surface area contributed by atoms with E-state index < -0.39 is 0 Å². The third-order valence-electron chi connectivity index (χ3n) is 4.66. The molecule has 1 aliphatic heterocycles. The van der Waals surface area contributed by atoms with Gasteiger partial charge in [-0.1, -0.05) is 43.2 Å². The van der Waals surface area contributed by atoms with Gasteiger partial charge < -0.3 is 11.1 Å². The Labute approximate surface area is 164 Å². The normalized spacial score (nSPS) is 19.8. The Balaban J connectivity index is 0.00000288. The molecule has 2 rings (SSSR count). The minimum absolute atomic E-state index is 0. The number of nitrogens with two attached hydrogens (primary N) is 1. The van der Waals surface area contributed by atoms with Crippen LogP contribution in [0.4, 0.5) is 0 Å². The number of rotatable bonds is 9. The van der Waals surface area contributed by atoms with Crippen molar-refractivity contribution in [1.29, 1.82) is 0 Å². The highest BCUT2D eigenvalue weighted by Gasteiger charge is 2.29. The molecule has 1 aliphatic rings. The SMILES string of the molecule is CC1CC(NC(=O)CCCCCCN)CN1Cc1ccccc1.Cl.Cl. The second-order valence-electron chi connectivity index (χ2n) is 6.72. The van der Waals surface area contributed by atoms with Gasteiger partial charge in [0.15, 0.2) is 0 Å². The van der Waals surface area contributed by atoms with Gasteiger partial charge in [0.25, 0.3) is 0 Å². The van der Waals surface area contributed by atoms with E-state index >= 15 is 0 Å². The molecule has 2 unspecified atom stereocenters. The first kappa shape index (κ1) is 24.2. The van der Waals surface area contributed by atoms with Crippen molar-refractivity contribution in [2.45, 2.75) is 64.1 Å². The Morgan fingerprint density at radius 2 is 1.84 bits per heavy atom. The van der Waals surface area contributed by atoms with Crippen LogP contribution in [0.3, 0.4) is 0 Å². The molecule has 0 spiro atoms. The minimum atomic E-state index is 0. The molecule has 0 saturated carbocycles. The molecule has 3 N–H and O–H groups in total. The van der Waals surface area contributed by atoms with E-state index in [9.17, 15) is 4.79 Å². The van der Waals surface area contributed by atoms with E-state index in [4.69, 9.17) is 5.73 Å². The van der Waals surface area contributed by atoms with Crippen LogP contribution in [-0.2, 0) is 11.3 Å². The summed E-state index contributed by atoms with van der Waals surface area (Å²) in [4.78, 5) is 14.5. The van der Waals surface area contributed by atoms with Gasteiger partial charge in [-0.3, -0.25) is 9.69 Å². The molecule has 1 aromatic rings. The summed E-state index contributed by atoms with van der Waals surface area (Å²) in [5.41, 5.74) is 6.82. The van der Waals surface area contributed by atoms with Crippen molar-refractivity contribution in [2.75, 3.05) is 13.1 Å². The number of amides is 1. The van der Waals surface area contributed by atoms with Crippen LogP contribution < -0.4 is 11.1 Å². The molecule has 25 heavy (non-hydrogen) atoms. The molecule has 0 radical (unpaired) electrons. The second kappa shape index (κ2) is 13.4. The van der Waals surface area contributed by atoms with Gasteiger partial charge in [0.2, 0.25) is 5.91 Å². The lowest BCUT2D eigenvalue weighted by atomic mass is 10.1. The quantitative estimate of drug-likeness (QED) is 0.635. The third-order valence-corrected chi connectivity index (χ3v) is 4.66. The molecule has 4 nitrogen and oxygen atoms in total. The number of likely N-dealkylation sites (tertiary alicyclic amines) is 1. The van der Waals surface area contributed by atoms with Crippen molar-refractivity contribution in [3.05, 3.63) is 35.9 Å². The second-order valence-corrected chi connectivity index (χ2v) is 6.72. The molecule has 6 heteroatoms. The average Bonchev–Trinajstić information content (AvgIpc) is 2.87. The van der Waals surface area contributed by atoms with Crippen LogP contribution in [-0.4, -0.2) is 36.0 Å². The van der Waals surface area contributed by atoms with Gasteiger partial charge in [0.1, 0.15) is 0 Å². The smallest absolute Gasteiger partial charge is 0.220 e. The van der Waals surface area contributed by atoms with Gasteiger partial charge >= 0.3 is 0 Å². The lowest BCUT2D eigenvalue weighted by Gasteiger charge is -2.20. The number of nitrogens with one attached hydrogen (secondary N) is 1. The Morgan fingerprint density at radius 1 is 1.16 bits per heavy atom. The summed E-state index contributed by atoms with van der Waals surface area (Å²) in [6, 6.07) is 11.4. The summed E-state index contributed by atoms with van der Waals surface area (Å²) in [7, 11) is 0. The molecule has 1 heterocycles. The maximum absolute atomic E-state index is 12.0. The molecule has 1 aromatic carbocycles. The van der Waals surface area contributed by atoms with E-state index in [2.05, 4.69) is 41.4 Å². The summed E-state index contributed by atoms with van der Waals surface area (Å²) in [5, 5.41) is 3.21. The number of halogens is 2. The number of benzene rings is 1. The predicted octanol–water partition coefficient (Wildman–Crippen LogP) is 3.52. The van der Waals surface area contributed by atoms with Crippen LogP contribution in [0.15, 0.2) is 30.3 Å². The molecule has 0 aliphatic carbocycles. The Kier molecular flexibility index (Phi) is 13.0. The lowest BCUT2D eigenvalue weighted by molar-refractivity contribution is -0.121. The summed E-state index contributed by atoms with van der Waals surface area (Å²) in [6.45, 7) is 4.92. The molecule has 1 saturated heterocycles. The van der Waals surface area contributed by atoms with E-state index in [1.807, 2.05) is 6.07 Å². The van der Waals surface area contributed by atoms with E-state index in [1.54, 1.807) is 0 Å². The van der Waals surface area contributed by atoms with Crippen molar-refractivity contribution in [1.82, 2.24) is 10.2 Å². The summed E-state index contributed by atoms with van der Waals surface area (Å²) in [5.74, 6) is 0.205. The molecule has 0 aromatic heterocycles. The van der Waals surface area contributed by atoms with Crippen molar-refractivity contribution in [3.63, 3.8) is 0 Å². The van der Waals surface area contributed by atoms with E-state index in [0.29, 0.717) is 18.5 Å². The summed E-state index contributed by atoms with van der Waals surface area (Å²) >= 11 is 0. The van der Waals surface area contributed by atoms with Gasteiger partial charge in [-0.25, -0.2) is 0 Å². The van der Waals surface area contributed by atoms with Crippen molar-refractivity contribution in [2.24, 2.45) is 5.73 Å². The van der Waals surface area contributed by atoms with Gasteiger partial charge in [-0.2, -0.15) is 0 Å². The first-order chi connectivity index (χ1) is 11.2. The Morgan fingerprint density at radius 3 is 2.52 bits per heavy atom. The van der Waals surface area contributed by atoms with E-state index in [1.165, 1.54) is 5.56 Å². The highest BCUT2D eigenvalue weighted by molar-refractivity contribution is 5.85. The highest BCUT2D eigenvalue weighted by atomic mass is 35.5. The van der Waals surface area contributed by atoms with Crippen LogP contribution in [0.25, 0.3) is 0 Å². The highest BCUT2D eigenvalue weighted by Crippen LogP contribution is 2.20. The zero-order valence-electron chi connectivity index (χ0n) is 15.2. The number of nitrogens with zero attached hydrogens (tertiary/aromatic N) is 1. The van der Waals surface area contributed by atoms with Crippen molar-refractivity contribution < 1.29 is 4.79 Å². The fourth-order valence-electron chi connectivity index (χ4n) is 3.32. The van der Waals surface area contributed by atoms with Crippen molar-refractivity contribution in [3.8, 4) is 0 Å². The molecule has 2 atom stereocenters. The first-order valence-corrected chi connectivity index (χ1v) is 8.96. The molecular formula is C19H33Cl2N3O. The number of carbonyl (C=O) groups is 1. The fourth-order valence-corrected chi connectivity index (χ4v) is 3.32. The van der Waals surface area contributed by atoms with Gasteiger partial charge in [-0.15, -0.1) is 24.8 Å². The monoisotopic (exact) mass is 389 g/mol. The van der Waals surface area contributed by atoms with E-state index in [-0.39, 0.29) is 30.7 Å². The zero-order chi connectivity index (χ0) is 16.5. The maximum Gasteiger partial charge on any atom is 0.220 e. The van der Waals surface area contributed by atoms with Gasteiger partial charge in [0, 0.05) is 31.6 Å². The van der Waals surface area contributed by atoms with E-state index in [0.717, 1.165) is 51.7 Å². The summed E-state index contributed by atoms with van der Waals surface area (Å²) in [6.07, 6.45) is 5.97. The number of unbranched alkanes of at least 4 members (excludes halogenated alkanes) is 3. The van der Waals surface area contributed by atoms with Crippen LogP contribution in [0.5, 0.6) is 0 Å². The number of carbonyl (C=O) groups excluding carboxylic acids is 1. The van der Waals surface area contributed by atoms with Gasteiger partial charge in [-0.05, 0) is 38.3 Å². The number of hydrogen-bond acceptors (Lipinski definition) is 3. The first-order valence-electron chi connectivity index (χ1n) is 8.96. The molecule has 0 bridgehead atoms. The van der Waals surface area contributed by atoms with Gasteiger partial charge in [0.05, 0.1) is 0 Å². The largest absolute Gasteiger partial charge is 0.352 e. The van der Waals surface area contributed by atoms with Crippen molar-refractivity contribution >= 4 is 30.7 Å². The lowest BCUT2D eigenvalue weighted by Crippen LogP contribution is -2.36. The Bertz CT molecular complexity index is 473. The van der Waals surface area contributed by atoms with Crippen LogP contribution >= 0.6 is 24.8 Å². The van der Waals surface area contributed by atoms with Crippen LogP contribution in [0, 0.1) is 0 Å². The summed E-state index contributed by atoms with van der Waals surface area (Å²) < 4.78 is 0.